The molecule has 3 N–H and O–H groups in total. The highest BCUT2D eigenvalue weighted by atomic mass is 16.3. The molecule has 2 aliphatic rings. The lowest BCUT2D eigenvalue weighted by Gasteiger charge is -2.33. The standard InChI is InChI=1S/C33H40N8O3/c1-33(2,3)24-10-6-22(7-11-24)28(43)35-26-5-4-17-40(21-26)31-37-30-34-16-20-41(30)32(38-31)36-25-12-8-23(9-13-25)29(44)39-18-14-27(42)15-19-39/h6-13,16,20,26-27,42H,4-5,14-15,17-19,21H2,1-3H3,(H,35,43)(H,34,36,37,38). The number of carbonyl (C=O) groups is 2. The Balaban J connectivity index is 1.14. The first-order valence-electron chi connectivity index (χ1n) is 15.4. The van der Waals surface area contributed by atoms with Gasteiger partial charge < -0.3 is 25.5 Å². The van der Waals surface area contributed by atoms with E-state index in [2.05, 4.69) is 41.3 Å². The number of aliphatic hydroxyl groups is 1. The lowest BCUT2D eigenvalue weighted by molar-refractivity contribution is 0.0546. The topological polar surface area (TPSA) is 128 Å². The number of hydrogen-bond acceptors (Lipinski definition) is 8. The van der Waals surface area contributed by atoms with Crippen LogP contribution < -0.4 is 15.5 Å². The molecule has 6 rings (SSSR count). The number of aliphatic hydroxyl groups excluding tert-OH is 1. The quantitative estimate of drug-likeness (QED) is 0.303. The van der Waals surface area contributed by atoms with Crippen LogP contribution in [0, 0.1) is 0 Å². The fourth-order valence-corrected chi connectivity index (χ4v) is 5.78. The molecule has 4 aromatic rings. The third-order valence-corrected chi connectivity index (χ3v) is 8.45. The summed E-state index contributed by atoms with van der Waals surface area (Å²) in [6.07, 6.45) is 6.15. The van der Waals surface area contributed by atoms with E-state index in [0.29, 0.717) is 61.3 Å². The third kappa shape index (κ3) is 6.52. The van der Waals surface area contributed by atoms with Crippen LogP contribution in [-0.4, -0.2) is 79.5 Å². The van der Waals surface area contributed by atoms with Crippen molar-refractivity contribution in [3.63, 3.8) is 0 Å². The minimum atomic E-state index is -0.325. The van der Waals surface area contributed by atoms with E-state index >= 15 is 0 Å². The number of amides is 2. The van der Waals surface area contributed by atoms with Gasteiger partial charge in [0.25, 0.3) is 11.8 Å². The van der Waals surface area contributed by atoms with Crippen LogP contribution >= 0.6 is 0 Å². The Morgan fingerprint density at radius 1 is 0.909 bits per heavy atom. The zero-order valence-electron chi connectivity index (χ0n) is 25.5. The fraction of sp³-hybridized carbons (Fsp3) is 0.424. The molecule has 44 heavy (non-hydrogen) atoms. The van der Waals surface area contributed by atoms with Crippen molar-refractivity contribution in [2.24, 2.45) is 0 Å². The molecule has 0 saturated carbocycles. The Hall–Kier alpha value is -4.51. The maximum atomic E-state index is 13.1. The van der Waals surface area contributed by atoms with Gasteiger partial charge in [0.1, 0.15) is 0 Å². The second kappa shape index (κ2) is 12.2. The van der Waals surface area contributed by atoms with Gasteiger partial charge in [0.05, 0.1) is 6.10 Å². The van der Waals surface area contributed by atoms with E-state index < -0.39 is 0 Å². The number of rotatable bonds is 6. The summed E-state index contributed by atoms with van der Waals surface area (Å²) in [7, 11) is 0. The largest absolute Gasteiger partial charge is 0.393 e. The highest BCUT2D eigenvalue weighted by molar-refractivity contribution is 5.95. The third-order valence-electron chi connectivity index (χ3n) is 8.45. The predicted molar refractivity (Wildman–Crippen MR) is 169 cm³/mol. The minimum Gasteiger partial charge on any atom is -0.393 e. The van der Waals surface area contributed by atoms with E-state index in [9.17, 15) is 14.7 Å². The Labute approximate surface area is 257 Å². The average Bonchev–Trinajstić information content (AvgIpc) is 3.51. The highest BCUT2D eigenvalue weighted by Crippen LogP contribution is 2.24. The number of hydrogen-bond donors (Lipinski definition) is 3. The molecule has 2 aromatic carbocycles. The number of anilines is 3. The number of imidazole rings is 1. The van der Waals surface area contributed by atoms with Crippen molar-refractivity contribution in [2.75, 3.05) is 36.4 Å². The van der Waals surface area contributed by atoms with Gasteiger partial charge in [-0.05, 0) is 73.1 Å². The first-order chi connectivity index (χ1) is 21.1. The molecule has 0 radical (unpaired) electrons. The van der Waals surface area contributed by atoms with Gasteiger partial charge >= 0.3 is 0 Å². The molecule has 2 saturated heterocycles. The van der Waals surface area contributed by atoms with Crippen molar-refractivity contribution >= 4 is 35.2 Å². The van der Waals surface area contributed by atoms with E-state index in [4.69, 9.17) is 9.97 Å². The van der Waals surface area contributed by atoms with Crippen LogP contribution in [0.4, 0.5) is 17.6 Å². The van der Waals surface area contributed by atoms with Crippen LogP contribution in [0.25, 0.3) is 5.78 Å². The van der Waals surface area contributed by atoms with Gasteiger partial charge in [0, 0.05) is 61.4 Å². The van der Waals surface area contributed by atoms with Crippen LogP contribution in [0.1, 0.15) is 72.7 Å². The summed E-state index contributed by atoms with van der Waals surface area (Å²) in [6.45, 7) is 8.96. The van der Waals surface area contributed by atoms with E-state index in [-0.39, 0.29) is 29.4 Å². The molecular formula is C33H40N8O3. The molecule has 11 nitrogen and oxygen atoms in total. The van der Waals surface area contributed by atoms with Gasteiger partial charge in [-0.2, -0.15) is 9.97 Å². The van der Waals surface area contributed by atoms with Crippen molar-refractivity contribution in [1.82, 2.24) is 29.6 Å². The average molecular weight is 597 g/mol. The molecule has 2 aliphatic heterocycles. The summed E-state index contributed by atoms with van der Waals surface area (Å²) in [5, 5.41) is 16.3. The molecule has 0 spiro atoms. The molecule has 230 valence electrons. The number of likely N-dealkylation sites (tertiary alicyclic amines) is 1. The van der Waals surface area contributed by atoms with Crippen LogP contribution in [0.2, 0.25) is 0 Å². The van der Waals surface area contributed by atoms with Crippen molar-refractivity contribution < 1.29 is 14.7 Å². The second-order valence-corrected chi connectivity index (χ2v) is 12.8. The summed E-state index contributed by atoms with van der Waals surface area (Å²) in [5.74, 6) is 1.50. The molecule has 2 aromatic heterocycles. The number of nitrogens with one attached hydrogen (secondary N) is 2. The summed E-state index contributed by atoms with van der Waals surface area (Å²) in [4.78, 5) is 43.8. The zero-order valence-corrected chi connectivity index (χ0v) is 25.5. The number of nitrogens with zero attached hydrogens (tertiary/aromatic N) is 6. The molecule has 11 heteroatoms. The van der Waals surface area contributed by atoms with Crippen LogP contribution in [0.3, 0.4) is 0 Å². The SMILES string of the molecule is CC(C)(C)c1ccc(C(=O)NC2CCCN(c3nc(Nc4ccc(C(=O)N5CCC(O)CC5)cc4)n4ccnc4n3)C2)cc1. The van der Waals surface area contributed by atoms with E-state index in [1.54, 1.807) is 33.8 Å². The molecule has 2 amide bonds. The lowest BCUT2D eigenvalue weighted by atomic mass is 9.86. The maximum absolute atomic E-state index is 13.1. The summed E-state index contributed by atoms with van der Waals surface area (Å²) < 4.78 is 1.78. The smallest absolute Gasteiger partial charge is 0.253 e. The Kier molecular flexibility index (Phi) is 8.22. The second-order valence-electron chi connectivity index (χ2n) is 12.8. The summed E-state index contributed by atoms with van der Waals surface area (Å²) >= 11 is 0. The normalized spacial score (nSPS) is 18.0. The summed E-state index contributed by atoms with van der Waals surface area (Å²) in [5.41, 5.74) is 3.26. The van der Waals surface area contributed by atoms with Crippen molar-refractivity contribution in [2.45, 2.75) is 64.0 Å². The van der Waals surface area contributed by atoms with Gasteiger partial charge in [0.15, 0.2) is 0 Å². The van der Waals surface area contributed by atoms with E-state index in [1.807, 2.05) is 36.4 Å². The monoisotopic (exact) mass is 596 g/mol. The zero-order chi connectivity index (χ0) is 30.8. The van der Waals surface area contributed by atoms with Gasteiger partial charge in [-0.1, -0.05) is 32.9 Å². The van der Waals surface area contributed by atoms with Crippen molar-refractivity contribution in [3.05, 3.63) is 77.6 Å². The lowest BCUT2D eigenvalue weighted by Crippen LogP contribution is -2.48. The predicted octanol–water partition coefficient (Wildman–Crippen LogP) is 4.16. The molecule has 4 heterocycles. The van der Waals surface area contributed by atoms with Crippen LogP contribution in [0.5, 0.6) is 0 Å². The maximum Gasteiger partial charge on any atom is 0.253 e. The Bertz CT molecular complexity index is 1620. The first-order valence-corrected chi connectivity index (χ1v) is 15.4. The van der Waals surface area contributed by atoms with Crippen LogP contribution in [0.15, 0.2) is 60.9 Å². The number of benzene rings is 2. The van der Waals surface area contributed by atoms with Crippen LogP contribution in [-0.2, 0) is 5.41 Å². The molecule has 0 bridgehead atoms. The highest BCUT2D eigenvalue weighted by Gasteiger charge is 2.26. The minimum absolute atomic E-state index is 0.0292. The number of piperidine rings is 2. The van der Waals surface area contributed by atoms with Crippen molar-refractivity contribution in [3.8, 4) is 0 Å². The van der Waals surface area contributed by atoms with Gasteiger partial charge in [-0.15, -0.1) is 0 Å². The molecular weight excluding hydrogens is 556 g/mol. The van der Waals surface area contributed by atoms with Crippen molar-refractivity contribution in [1.29, 1.82) is 0 Å². The number of fused-ring (bicyclic) bond motifs is 1. The number of carbonyl (C=O) groups excluding carboxylic acids is 2. The fourth-order valence-electron chi connectivity index (χ4n) is 5.78. The Morgan fingerprint density at radius 2 is 1.61 bits per heavy atom. The van der Waals surface area contributed by atoms with Gasteiger partial charge in [-0.3, -0.25) is 14.0 Å². The summed E-state index contributed by atoms with van der Waals surface area (Å²) in [6, 6.07) is 15.1. The van der Waals surface area contributed by atoms with E-state index in [0.717, 1.165) is 25.1 Å². The number of aromatic nitrogens is 4. The molecule has 0 aliphatic carbocycles. The Morgan fingerprint density at radius 3 is 2.32 bits per heavy atom. The molecule has 1 unspecified atom stereocenters. The first kappa shape index (κ1) is 29.6. The molecule has 1 atom stereocenters. The van der Waals surface area contributed by atoms with Gasteiger partial charge in [0.2, 0.25) is 17.7 Å². The molecule has 2 fully saturated rings. The van der Waals surface area contributed by atoms with E-state index in [1.165, 1.54) is 5.56 Å². The van der Waals surface area contributed by atoms with Gasteiger partial charge in [-0.25, -0.2) is 4.98 Å².